The lowest BCUT2D eigenvalue weighted by atomic mass is 10.1. The van der Waals surface area contributed by atoms with E-state index in [4.69, 9.17) is 4.74 Å². The number of aryl methyl sites for hydroxylation is 1. The standard InChI is InChI=1S/C15H18N2O2/c1-17-10-14(6-7-15(17)18)16-9-12-4-3-5-13(8-12)11-19-2/h3-8,10,16H,9,11H2,1-2H3. The predicted molar refractivity (Wildman–Crippen MR) is 76.2 cm³/mol. The molecule has 0 aliphatic heterocycles. The van der Waals surface area contributed by atoms with Gasteiger partial charge in [-0.2, -0.15) is 0 Å². The van der Waals surface area contributed by atoms with E-state index in [9.17, 15) is 4.79 Å². The maximum absolute atomic E-state index is 11.3. The average Bonchev–Trinajstić information content (AvgIpc) is 2.41. The van der Waals surface area contributed by atoms with Crippen molar-refractivity contribution < 1.29 is 4.74 Å². The van der Waals surface area contributed by atoms with Crippen molar-refractivity contribution in [2.24, 2.45) is 7.05 Å². The quantitative estimate of drug-likeness (QED) is 0.893. The Bertz CT molecular complexity index is 605. The van der Waals surface area contributed by atoms with Crippen molar-refractivity contribution in [2.75, 3.05) is 12.4 Å². The Morgan fingerprint density at radius 3 is 2.74 bits per heavy atom. The summed E-state index contributed by atoms with van der Waals surface area (Å²) in [5, 5.41) is 3.30. The minimum absolute atomic E-state index is 0.00681. The summed E-state index contributed by atoms with van der Waals surface area (Å²) in [7, 11) is 3.43. The molecule has 0 radical (unpaired) electrons. The number of methoxy groups -OCH3 is 1. The van der Waals surface area contributed by atoms with Crippen LogP contribution in [-0.4, -0.2) is 11.7 Å². The molecule has 0 bridgehead atoms. The van der Waals surface area contributed by atoms with Crippen molar-refractivity contribution in [2.45, 2.75) is 13.2 Å². The second-order valence-electron chi connectivity index (χ2n) is 4.47. The topological polar surface area (TPSA) is 43.3 Å². The Morgan fingerprint density at radius 2 is 2.00 bits per heavy atom. The molecule has 19 heavy (non-hydrogen) atoms. The van der Waals surface area contributed by atoms with Crippen LogP contribution in [-0.2, 0) is 24.9 Å². The third kappa shape index (κ3) is 3.69. The highest BCUT2D eigenvalue weighted by Crippen LogP contribution is 2.09. The predicted octanol–water partition coefficient (Wildman–Crippen LogP) is 2.14. The van der Waals surface area contributed by atoms with Gasteiger partial charge in [-0.15, -0.1) is 0 Å². The highest BCUT2D eigenvalue weighted by molar-refractivity contribution is 5.41. The van der Waals surface area contributed by atoms with E-state index < -0.39 is 0 Å². The lowest BCUT2D eigenvalue weighted by molar-refractivity contribution is 0.185. The van der Waals surface area contributed by atoms with Crippen LogP contribution in [0.4, 0.5) is 5.69 Å². The summed E-state index contributed by atoms with van der Waals surface area (Å²) in [6.07, 6.45) is 1.79. The summed E-state index contributed by atoms with van der Waals surface area (Å²) in [4.78, 5) is 11.3. The smallest absolute Gasteiger partial charge is 0.250 e. The molecule has 2 aromatic rings. The molecule has 0 spiro atoms. The Kier molecular flexibility index (Phi) is 4.36. The number of nitrogens with zero attached hydrogens (tertiary/aromatic N) is 1. The number of nitrogens with one attached hydrogen (secondary N) is 1. The van der Waals surface area contributed by atoms with Gasteiger partial charge < -0.3 is 14.6 Å². The van der Waals surface area contributed by atoms with E-state index in [1.54, 1.807) is 37.1 Å². The van der Waals surface area contributed by atoms with E-state index in [0.29, 0.717) is 6.61 Å². The van der Waals surface area contributed by atoms with E-state index >= 15 is 0 Å². The second-order valence-corrected chi connectivity index (χ2v) is 4.47. The molecule has 100 valence electrons. The molecule has 0 aliphatic rings. The Morgan fingerprint density at radius 1 is 1.21 bits per heavy atom. The van der Waals surface area contributed by atoms with Gasteiger partial charge in [-0.25, -0.2) is 0 Å². The van der Waals surface area contributed by atoms with Crippen LogP contribution < -0.4 is 10.9 Å². The molecule has 0 aliphatic carbocycles. The fourth-order valence-electron chi connectivity index (χ4n) is 1.90. The third-order valence-electron chi connectivity index (χ3n) is 2.88. The number of ether oxygens (including phenoxy) is 1. The molecule has 0 saturated heterocycles. The zero-order valence-electron chi connectivity index (χ0n) is 11.2. The zero-order chi connectivity index (χ0) is 13.7. The van der Waals surface area contributed by atoms with Crippen LogP contribution in [0.5, 0.6) is 0 Å². The van der Waals surface area contributed by atoms with Crippen molar-refractivity contribution >= 4 is 5.69 Å². The number of hydrogen-bond donors (Lipinski definition) is 1. The summed E-state index contributed by atoms with van der Waals surface area (Å²) in [5.74, 6) is 0. The summed E-state index contributed by atoms with van der Waals surface area (Å²) < 4.78 is 6.68. The van der Waals surface area contributed by atoms with Crippen LogP contribution in [0.1, 0.15) is 11.1 Å². The molecule has 1 heterocycles. The Labute approximate surface area is 112 Å². The van der Waals surface area contributed by atoms with Crippen molar-refractivity contribution in [3.8, 4) is 0 Å². The lowest BCUT2D eigenvalue weighted by Crippen LogP contribution is -2.15. The van der Waals surface area contributed by atoms with Gasteiger partial charge in [0.05, 0.1) is 12.3 Å². The number of aromatic nitrogens is 1. The van der Waals surface area contributed by atoms with Crippen molar-refractivity contribution in [1.82, 2.24) is 4.57 Å². The van der Waals surface area contributed by atoms with Gasteiger partial charge in [0.25, 0.3) is 0 Å². The van der Waals surface area contributed by atoms with E-state index in [1.165, 1.54) is 5.56 Å². The van der Waals surface area contributed by atoms with Crippen molar-refractivity contribution in [1.29, 1.82) is 0 Å². The molecule has 1 aromatic carbocycles. The van der Waals surface area contributed by atoms with Gasteiger partial charge in [0.15, 0.2) is 0 Å². The van der Waals surface area contributed by atoms with Gasteiger partial charge in [-0.05, 0) is 17.2 Å². The van der Waals surface area contributed by atoms with E-state index in [2.05, 4.69) is 17.4 Å². The first-order valence-electron chi connectivity index (χ1n) is 6.16. The number of rotatable bonds is 5. The summed E-state index contributed by atoms with van der Waals surface area (Å²) in [5.41, 5.74) is 3.26. The fourth-order valence-corrected chi connectivity index (χ4v) is 1.90. The first-order valence-corrected chi connectivity index (χ1v) is 6.16. The first kappa shape index (κ1) is 13.4. The normalized spacial score (nSPS) is 10.4. The van der Waals surface area contributed by atoms with Gasteiger partial charge in [-0.3, -0.25) is 4.79 Å². The number of hydrogen-bond acceptors (Lipinski definition) is 3. The maximum Gasteiger partial charge on any atom is 0.250 e. The van der Waals surface area contributed by atoms with E-state index in [1.807, 2.05) is 12.1 Å². The SMILES string of the molecule is COCc1cccc(CNc2ccc(=O)n(C)c2)c1. The van der Waals surface area contributed by atoms with Crippen molar-refractivity contribution in [3.63, 3.8) is 0 Å². The molecule has 2 rings (SSSR count). The van der Waals surface area contributed by atoms with Gasteiger partial charge >= 0.3 is 0 Å². The Balaban J connectivity index is 2.03. The molecule has 0 saturated carbocycles. The van der Waals surface area contributed by atoms with Crippen LogP contribution in [0.2, 0.25) is 0 Å². The third-order valence-corrected chi connectivity index (χ3v) is 2.88. The molecule has 0 atom stereocenters. The monoisotopic (exact) mass is 258 g/mol. The molecule has 1 N–H and O–H groups in total. The highest BCUT2D eigenvalue weighted by Gasteiger charge is 1.98. The van der Waals surface area contributed by atoms with E-state index in [0.717, 1.165) is 17.8 Å². The molecule has 4 heteroatoms. The van der Waals surface area contributed by atoms with Gasteiger partial charge in [-0.1, -0.05) is 24.3 Å². The zero-order valence-corrected chi connectivity index (χ0v) is 11.2. The van der Waals surface area contributed by atoms with Gasteiger partial charge in [0.2, 0.25) is 5.56 Å². The minimum Gasteiger partial charge on any atom is -0.380 e. The number of pyridine rings is 1. The van der Waals surface area contributed by atoms with Gasteiger partial charge in [0.1, 0.15) is 0 Å². The van der Waals surface area contributed by atoms with Crippen LogP contribution in [0.3, 0.4) is 0 Å². The minimum atomic E-state index is -0.00681. The number of benzene rings is 1. The maximum atomic E-state index is 11.3. The Hall–Kier alpha value is -2.07. The molecular formula is C15H18N2O2. The molecule has 1 aromatic heterocycles. The van der Waals surface area contributed by atoms with Gasteiger partial charge in [0, 0.05) is 33.0 Å². The second kappa shape index (κ2) is 6.20. The molecule has 0 fully saturated rings. The van der Waals surface area contributed by atoms with Crippen LogP contribution in [0.25, 0.3) is 0 Å². The molecular weight excluding hydrogens is 240 g/mol. The van der Waals surface area contributed by atoms with E-state index in [-0.39, 0.29) is 5.56 Å². The highest BCUT2D eigenvalue weighted by atomic mass is 16.5. The molecule has 4 nitrogen and oxygen atoms in total. The summed E-state index contributed by atoms with van der Waals surface area (Å²) in [6, 6.07) is 11.6. The molecule has 0 amide bonds. The summed E-state index contributed by atoms with van der Waals surface area (Å²) >= 11 is 0. The average molecular weight is 258 g/mol. The first-order chi connectivity index (χ1) is 9.19. The lowest BCUT2D eigenvalue weighted by Gasteiger charge is -2.09. The van der Waals surface area contributed by atoms with Crippen molar-refractivity contribution in [3.05, 3.63) is 64.1 Å². The van der Waals surface area contributed by atoms with Crippen LogP contribution in [0.15, 0.2) is 47.4 Å². The van der Waals surface area contributed by atoms with Crippen LogP contribution in [0, 0.1) is 0 Å². The summed E-state index contributed by atoms with van der Waals surface area (Å²) in [6.45, 7) is 1.34. The fraction of sp³-hybridized carbons (Fsp3) is 0.267. The van der Waals surface area contributed by atoms with Crippen LogP contribution >= 0.6 is 0 Å². The molecule has 0 unspecified atom stereocenters. The largest absolute Gasteiger partial charge is 0.380 e. The number of anilines is 1.